The molecule has 2 unspecified atom stereocenters. The van der Waals surface area contributed by atoms with Crippen molar-refractivity contribution in [2.75, 3.05) is 13.6 Å². The predicted octanol–water partition coefficient (Wildman–Crippen LogP) is 4.52. The maximum Gasteiger partial charge on any atom is 0.110 e. The van der Waals surface area contributed by atoms with Gasteiger partial charge in [0.25, 0.3) is 0 Å². The van der Waals surface area contributed by atoms with Crippen molar-refractivity contribution in [3.8, 4) is 0 Å². The molecular formula is C25H31N3O. The summed E-state index contributed by atoms with van der Waals surface area (Å²) in [5, 5.41) is 1.44. The summed E-state index contributed by atoms with van der Waals surface area (Å²) in [4.78, 5) is 7.01. The minimum atomic E-state index is -0.397. The summed E-state index contributed by atoms with van der Waals surface area (Å²) in [7, 11) is 2.23. The summed E-state index contributed by atoms with van der Waals surface area (Å²) >= 11 is 0. The highest BCUT2D eigenvalue weighted by Crippen LogP contribution is 2.40. The molecule has 0 amide bonds. The molecule has 152 valence electrons. The molecule has 0 bridgehead atoms. The molecule has 0 saturated carbocycles. The molecular weight excluding hydrogens is 358 g/mol. The van der Waals surface area contributed by atoms with Crippen LogP contribution in [0.4, 0.5) is 0 Å². The van der Waals surface area contributed by atoms with Crippen molar-refractivity contribution in [2.24, 2.45) is 0 Å². The third-order valence-corrected chi connectivity index (χ3v) is 6.71. The number of aromatic nitrogens is 2. The Hall–Kier alpha value is -2.17. The maximum atomic E-state index is 6.74. The number of benzene rings is 1. The van der Waals surface area contributed by atoms with E-state index in [4.69, 9.17) is 4.74 Å². The zero-order valence-electron chi connectivity index (χ0n) is 18.2. The lowest BCUT2D eigenvalue weighted by atomic mass is 9.94. The molecule has 0 saturated heterocycles. The number of hydrogen-bond acceptors (Lipinski definition) is 3. The van der Waals surface area contributed by atoms with Gasteiger partial charge in [-0.05, 0) is 58.0 Å². The van der Waals surface area contributed by atoms with Gasteiger partial charge >= 0.3 is 0 Å². The van der Waals surface area contributed by atoms with Crippen molar-refractivity contribution < 1.29 is 4.74 Å². The van der Waals surface area contributed by atoms with Crippen molar-refractivity contribution in [1.82, 2.24) is 14.5 Å². The monoisotopic (exact) mass is 389 g/mol. The van der Waals surface area contributed by atoms with Crippen LogP contribution < -0.4 is 0 Å². The van der Waals surface area contributed by atoms with Crippen molar-refractivity contribution >= 4 is 10.9 Å². The lowest BCUT2D eigenvalue weighted by molar-refractivity contribution is -0.0919. The highest BCUT2D eigenvalue weighted by atomic mass is 16.5. The molecule has 5 rings (SSSR count). The van der Waals surface area contributed by atoms with Gasteiger partial charge in [0.2, 0.25) is 0 Å². The lowest BCUT2D eigenvalue weighted by Crippen LogP contribution is -2.38. The Bertz CT molecular complexity index is 1080. The van der Waals surface area contributed by atoms with Crippen LogP contribution in [0.3, 0.4) is 0 Å². The van der Waals surface area contributed by atoms with Gasteiger partial charge in [-0.2, -0.15) is 0 Å². The van der Waals surface area contributed by atoms with E-state index in [0.29, 0.717) is 0 Å². The molecule has 4 heterocycles. The average Bonchev–Trinajstić information content (AvgIpc) is 2.93. The minimum absolute atomic E-state index is 0.148. The molecule has 3 aromatic rings. The van der Waals surface area contributed by atoms with Crippen molar-refractivity contribution in [3.05, 3.63) is 64.1 Å². The average molecular weight is 390 g/mol. The third-order valence-electron chi connectivity index (χ3n) is 6.71. The number of rotatable bonds is 1. The highest BCUT2D eigenvalue weighted by Gasteiger charge is 2.36. The van der Waals surface area contributed by atoms with Gasteiger partial charge in [0.15, 0.2) is 0 Å². The Labute approximate surface area is 173 Å². The first-order chi connectivity index (χ1) is 13.8. The summed E-state index contributed by atoms with van der Waals surface area (Å²) in [5.41, 5.74) is 9.01. The molecule has 2 aliphatic rings. The molecule has 2 aromatic heterocycles. The predicted molar refractivity (Wildman–Crippen MR) is 117 cm³/mol. The minimum Gasteiger partial charge on any atom is -0.365 e. The second-order valence-corrected chi connectivity index (χ2v) is 9.37. The van der Waals surface area contributed by atoms with E-state index >= 15 is 0 Å². The Morgan fingerprint density at radius 3 is 2.79 bits per heavy atom. The summed E-state index contributed by atoms with van der Waals surface area (Å²) in [6.45, 7) is 11.7. The van der Waals surface area contributed by atoms with Gasteiger partial charge in [0.1, 0.15) is 5.60 Å². The smallest absolute Gasteiger partial charge is 0.110 e. The van der Waals surface area contributed by atoms with Crippen molar-refractivity contribution in [2.45, 2.75) is 65.3 Å². The first-order valence-corrected chi connectivity index (χ1v) is 10.8. The third kappa shape index (κ3) is 3.10. The zero-order chi connectivity index (χ0) is 20.3. The molecule has 1 aromatic carbocycles. The second-order valence-electron chi connectivity index (χ2n) is 9.37. The van der Waals surface area contributed by atoms with Crippen LogP contribution in [0.15, 0.2) is 30.5 Å². The molecule has 0 radical (unpaired) electrons. The van der Waals surface area contributed by atoms with E-state index in [1.54, 1.807) is 0 Å². The quantitative estimate of drug-likeness (QED) is 0.613. The van der Waals surface area contributed by atoms with Crippen LogP contribution in [0.2, 0.25) is 0 Å². The van der Waals surface area contributed by atoms with E-state index in [-0.39, 0.29) is 6.10 Å². The molecule has 0 aliphatic carbocycles. The van der Waals surface area contributed by atoms with Crippen LogP contribution in [0.5, 0.6) is 0 Å². The Morgan fingerprint density at radius 2 is 2.03 bits per heavy atom. The maximum absolute atomic E-state index is 6.74. The van der Waals surface area contributed by atoms with E-state index in [9.17, 15) is 0 Å². The van der Waals surface area contributed by atoms with Gasteiger partial charge in [0.05, 0.1) is 18.2 Å². The molecule has 2 aliphatic heterocycles. The van der Waals surface area contributed by atoms with E-state index in [2.05, 4.69) is 66.5 Å². The number of likely N-dealkylation sites (N-methyl/N-ethyl adjacent to an activating group) is 1. The van der Waals surface area contributed by atoms with E-state index in [1.807, 2.05) is 13.1 Å². The lowest BCUT2D eigenvalue weighted by Gasteiger charge is -2.37. The van der Waals surface area contributed by atoms with Crippen LogP contribution >= 0.6 is 0 Å². The number of nitrogens with zero attached hydrogens (tertiary/aromatic N) is 3. The van der Waals surface area contributed by atoms with Gasteiger partial charge in [-0.25, -0.2) is 0 Å². The largest absolute Gasteiger partial charge is 0.365 e. The fraction of sp³-hybridized carbons (Fsp3) is 0.480. The van der Waals surface area contributed by atoms with Gasteiger partial charge < -0.3 is 14.2 Å². The van der Waals surface area contributed by atoms with Crippen LogP contribution in [-0.2, 0) is 36.3 Å². The number of fused-ring (bicyclic) bond motifs is 3. The van der Waals surface area contributed by atoms with Gasteiger partial charge in [-0.1, -0.05) is 17.7 Å². The number of ether oxygens (including phenoxy) is 1. The Balaban J connectivity index is 1.75. The topological polar surface area (TPSA) is 30.3 Å². The molecule has 29 heavy (non-hydrogen) atoms. The van der Waals surface area contributed by atoms with Crippen LogP contribution in [0.1, 0.15) is 47.5 Å². The molecule has 0 N–H and O–H groups in total. The fourth-order valence-electron chi connectivity index (χ4n) is 5.37. The van der Waals surface area contributed by atoms with Gasteiger partial charge in [0, 0.05) is 54.5 Å². The standard InChI is InChI=1S/C25H31N3O/c1-16-10-19-12-18(3)29-25(4,20-7-6-17(2)26-13-20)15-28-23-8-9-27(5)14-22(23)21(11-16)24(19)28/h6-7,10-11,13,18H,8-9,12,14-15H2,1-5H3. The second kappa shape index (κ2) is 6.68. The summed E-state index contributed by atoms with van der Waals surface area (Å²) in [6, 6.07) is 9.04. The van der Waals surface area contributed by atoms with Crippen LogP contribution in [0, 0.1) is 13.8 Å². The normalized spacial score (nSPS) is 24.9. The Kier molecular flexibility index (Phi) is 4.34. The van der Waals surface area contributed by atoms with Gasteiger partial charge in [-0.15, -0.1) is 0 Å². The molecule has 2 atom stereocenters. The van der Waals surface area contributed by atoms with Crippen molar-refractivity contribution in [3.63, 3.8) is 0 Å². The van der Waals surface area contributed by atoms with Crippen LogP contribution in [0.25, 0.3) is 10.9 Å². The fourth-order valence-corrected chi connectivity index (χ4v) is 5.37. The molecule has 4 heteroatoms. The van der Waals surface area contributed by atoms with E-state index < -0.39 is 5.60 Å². The first kappa shape index (κ1) is 18.8. The number of aryl methyl sites for hydroxylation is 2. The van der Waals surface area contributed by atoms with E-state index in [1.165, 1.54) is 33.3 Å². The molecule has 4 nitrogen and oxygen atoms in total. The Morgan fingerprint density at radius 1 is 1.21 bits per heavy atom. The SMILES string of the molecule is Cc1cc2c3c(c1)c1c(n3CC(C)(c3ccc(C)nc3)OC(C)C2)CCN(C)C1. The summed E-state index contributed by atoms with van der Waals surface area (Å²) < 4.78 is 9.32. The van der Waals surface area contributed by atoms with E-state index in [0.717, 1.165) is 43.7 Å². The highest BCUT2D eigenvalue weighted by molar-refractivity contribution is 5.89. The number of pyridine rings is 1. The zero-order valence-corrected chi connectivity index (χ0v) is 18.2. The molecule has 0 fully saturated rings. The number of hydrogen-bond donors (Lipinski definition) is 0. The summed E-state index contributed by atoms with van der Waals surface area (Å²) in [6.07, 6.45) is 4.18. The van der Waals surface area contributed by atoms with Crippen molar-refractivity contribution in [1.29, 1.82) is 0 Å². The first-order valence-electron chi connectivity index (χ1n) is 10.8. The molecule has 0 spiro atoms. The summed E-state index contributed by atoms with van der Waals surface area (Å²) in [5.74, 6) is 0. The van der Waals surface area contributed by atoms with Crippen LogP contribution in [-0.4, -0.2) is 34.1 Å². The van der Waals surface area contributed by atoms with Gasteiger partial charge in [-0.3, -0.25) is 4.98 Å².